The van der Waals surface area contributed by atoms with E-state index in [-0.39, 0.29) is 18.3 Å². The highest BCUT2D eigenvalue weighted by atomic mass is 32.2. The van der Waals surface area contributed by atoms with Gasteiger partial charge in [-0.3, -0.25) is 4.79 Å². The molecule has 0 unspecified atom stereocenters. The number of thiazole rings is 1. The molecule has 0 atom stereocenters. The highest BCUT2D eigenvalue weighted by molar-refractivity contribution is 7.88. The third kappa shape index (κ3) is 3.91. The first-order valence-corrected chi connectivity index (χ1v) is 10.4. The van der Waals surface area contributed by atoms with Gasteiger partial charge in [-0.15, -0.1) is 0 Å². The molecule has 1 amide bonds. The molecule has 0 spiro atoms. The number of rotatable bonds is 4. The highest BCUT2D eigenvalue weighted by Crippen LogP contribution is 2.29. The molecule has 0 bridgehead atoms. The van der Waals surface area contributed by atoms with Crippen molar-refractivity contribution < 1.29 is 17.6 Å². The summed E-state index contributed by atoms with van der Waals surface area (Å²) in [6.45, 7) is 1.46. The van der Waals surface area contributed by atoms with Crippen LogP contribution in [0, 0.1) is 5.82 Å². The molecule has 1 aliphatic rings. The molecular weight excluding hydrogens is 367 g/mol. The minimum Gasteiger partial charge on any atom is -0.342 e. The van der Waals surface area contributed by atoms with Crippen molar-refractivity contribution in [2.75, 3.05) is 50.9 Å². The summed E-state index contributed by atoms with van der Waals surface area (Å²) in [5.41, 5.74) is 0.309. The summed E-state index contributed by atoms with van der Waals surface area (Å²) in [4.78, 5) is 20.0. The number of carbonyl (C=O) groups excluding carboxylic acids is 1. The van der Waals surface area contributed by atoms with Crippen LogP contribution in [-0.4, -0.2) is 74.5 Å². The molecular formula is C15H19FN4O3S2. The van der Waals surface area contributed by atoms with Gasteiger partial charge in [0.2, 0.25) is 15.9 Å². The summed E-state index contributed by atoms with van der Waals surface area (Å²) in [5.74, 6) is -0.480. The maximum absolute atomic E-state index is 13.7. The second-order valence-electron chi connectivity index (χ2n) is 5.98. The normalized spacial score (nSPS) is 16.4. The van der Waals surface area contributed by atoms with Crippen LogP contribution in [0.2, 0.25) is 0 Å². The van der Waals surface area contributed by atoms with E-state index in [0.29, 0.717) is 36.8 Å². The quantitative estimate of drug-likeness (QED) is 0.783. The van der Waals surface area contributed by atoms with E-state index in [4.69, 9.17) is 0 Å². The molecule has 10 heteroatoms. The lowest BCUT2D eigenvalue weighted by Gasteiger charge is -2.34. The van der Waals surface area contributed by atoms with Gasteiger partial charge in [-0.2, -0.15) is 4.31 Å². The number of amides is 1. The maximum Gasteiger partial charge on any atom is 0.242 e. The Balaban J connectivity index is 1.63. The number of carbonyl (C=O) groups is 1. The number of nitrogens with zero attached hydrogens (tertiary/aromatic N) is 4. The summed E-state index contributed by atoms with van der Waals surface area (Å²) >= 11 is 1.33. The van der Waals surface area contributed by atoms with E-state index < -0.39 is 10.0 Å². The Labute approximate surface area is 149 Å². The van der Waals surface area contributed by atoms with Gasteiger partial charge in [-0.05, 0) is 12.1 Å². The molecule has 136 valence electrons. The fraction of sp³-hybridized carbons (Fsp3) is 0.467. The zero-order valence-corrected chi connectivity index (χ0v) is 15.6. The number of fused-ring (bicyclic) bond motifs is 1. The number of anilines is 1. The Morgan fingerprint density at radius 3 is 2.60 bits per heavy atom. The topological polar surface area (TPSA) is 73.8 Å². The minimum atomic E-state index is -3.22. The number of sulfonamides is 1. The van der Waals surface area contributed by atoms with E-state index in [1.165, 1.54) is 28.0 Å². The van der Waals surface area contributed by atoms with E-state index in [1.54, 1.807) is 29.0 Å². The Hall–Kier alpha value is -1.78. The predicted molar refractivity (Wildman–Crippen MR) is 95.8 cm³/mol. The molecule has 25 heavy (non-hydrogen) atoms. The predicted octanol–water partition coefficient (Wildman–Crippen LogP) is 0.975. The minimum absolute atomic E-state index is 0.102. The van der Waals surface area contributed by atoms with Crippen LogP contribution in [0.3, 0.4) is 0 Å². The van der Waals surface area contributed by atoms with E-state index in [0.717, 1.165) is 4.70 Å². The van der Waals surface area contributed by atoms with Crippen molar-refractivity contribution in [3.05, 3.63) is 24.0 Å². The van der Waals surface area contributed by atoms with Crippen molar-refractivity contribution in [3.63, 3.8) is 0 Å². The Kier molecular flexibility index (Phi) is 4.94. The zero-order chi connectivity index (χ0) is 18.2. The van der Waals surface area contributed by atoms with E-state index >= 15 is 0 Å². The van der Waals surface area contributed by atoms with Gasteiger partial charge in [-0.1, -0.05) is 17.4 Å². The molecule has 3 rings (SSSR count). The third-order valence-corrected chi connectivity index (χ3v) is 6.56. The Morgan fingerprint density at radius 2 is 2.00 bits per heavy atom. The summed E-state index contributed by atoms with van der Waals surface area (Å²) < 4.78 is 38.9. The average Bonchev–Trinajstić information content (AvgIpc) is 3.00. The monoisotopic (exact) mass is 386 g/mol. The lowest BCUT2D eigenvalue weighted by Crippen LogP contribution is -2.52. The molecule has 1 aromatic heterocycles. The van der Waals surface area contributed by atoms with Crippen LogP contribution in [0.25, 0.3) is 10.2 Å². The van der Waals surface area contributed by atoms with Gasteiger partial charge in [0, 0.05) is 33.2 Å². The van der Waals surface area contributed by atoms with Crippen molar-refractivity contribution in [3.8, 4) is 0 Å². The molecule has 2 aromatic rings. The number of halogens is 1. The number of piperazine rings is 1. The van der Waals surface area contributed by atoms with Gasteiger partial charge in [0.1, 0.15) is 11.3 Å². The van der Waals surface area contributed by atoms with Crippen LogP contribution in [0.1, 0.15) is 0 Å². The maximum atomic E-state index is 13.7. The van der Waals surface area contributed by atoms with E-state index in [9.17, 15) is 17.6 Å². The fourth-order valence-corrected chi connectivity index (χ4v) is 4.47. The number of aromatic nitrogens is 1. The fourth-order valence-electron chi connectivity index (χ4n) is 2.71. The zero-order valence-electron chi connectivity index (χ0n) is 14.0. The lowest BCUT2D eigenvalue weighted by atomic mass is 10.3. The van der Waals surface area contributed by atoms with Crippen molar-refractivity contribution in [1.29, 1.82) is 0 Å². The Bertz CT molecular complexity index is 891. The van der Waals surface area contributed by atoms with Crippen molar-refractivity contribution in [1.82, 2.24) is 14.2 Å². The molecule has 1 aliphatic heterocycles. The summed E-state index contributed by atoms with van der Waals surface area (Å²) in [6.07, 6.45) is 1.17. The van der Waals surface area contributed by atoms with Crippen LogP contribution in [0.5, 0.6) is 0 Å². The number of para-hydroxylation sites is 1. The summed E-state index contributed by atoms with van der Waals surface area (Å²) in [6, 6.07) is 4.78. The second-order valence-corrected chi connectivity index (χ2v) is 8.97. The largest absolute Gasteiger partial charge is 0.342 e. The SMILES string of the molecule is CN(CC(=O)N1CCN(S(C)(=O)=O)CC1)c1nc2c(F)cccc2s1. The van der Waals surface area contributed by atoms with Crippen LogP contribution < -0.4 is 4.90 Å². The van der Waals surface area contributed by atoms with E-state index in [2.05, 4.69) is 4.98 Å². The molecule has 0 aliphatic carbocycles. The first-order valence-electron chi connectivity index (χ1n) is 7.75. The molecule has 1 aromatic carbocycles. The van der Waals surface area contributed by atoms with Crippen LogP contribution in [0.15, 0.2) is 18.2 Å². The van der Waals surface area contributed by atoms with Crippen molar-refractivity contribution >= 4 is 42.6 Å². The van der Waals surface area contributed by atoms with Gasteiger partial charge in [-0.25, -0.2) is 17.8 Å². The smallest absolute Gasteiger partial charge is 0.242 e. The lowest BCUT2D eigenvalue weighted by molar-refractivity contribution is -0.130. The van der Waals surface area contributed by atoms with Crippen LogP contribution in [0.4, 0.5) is 9.52 Å². The molecule has 2 heterocycles. The van der Waals surface area contributed by atoms with Gasteiger partial charge in [0.25, 0.3) is 0 Å². The number of hydrogen-bond acceptors (Lipinski definition) is 6. The summed E-state index contributed by atoms with van der Waals surface area (Å²) in [5, 5.41) is 0.572. The first-order chi connectivity index (χ1) is 11.8. The first kappa shape index (κ1) is 18.0. The molecule has 0 N–H and O–H groups in total. The summed E-state index contributed by atoms with van der Waals surface area (Å²) in [7, 11) is -1.48. The number of benzene rings is 1. The average molecular weight is 386 g/mol. The van der Waals surface area contributed by atoms with Gasteiger partial charge in [0.15, 0.2) is 5.13 Å². The highest BCUT2D eigenvalue weighted by Gasteiger charge is 2.26. The van der Waals surface area contributed by atoms with Crippen molar-refractivity contribution in [2.24, 2.45) is 0 Å². The molecule has 1 saturated heterocycles. The number of hydrogen-bond donors (Lipinski definition) is 0. The third-order valence-electron chi connectivity index (χ3n) is 4.12. The molecule has 7 nitrogen and oxygen atoms in total. The number of likely N-dealkylation sites (N-methyl/N-ethyl adjacent to an activating group) is 1. The van der Waals surface area contributed by atoms with Gasteiger partial charge in [0.05, 0.1) is 17.5 Å². The van der Waals surface area contributed by atoms with E-state index in [1.807, 2.05) is 0 Å². The van der Waals surface area contributed by atoms with Crippen LogP contribution >= 0.6 is 11.3 Å². The molecule has 0 radical (unpaired) electrons. The second kappa shape index (κ2) is 6.85. The van der Waals surface area contributed by atoms with Gasteiger partial charge < -0.3 is 9.80 Å². The Morgan fingerprint density at radius 1 is 1.32 bits per heavy atom. The van der Waals surface area contributed by atoms with Gasteiger partial charge >= 0.3 is 0 Å². The molecule has 1 fully saturated rings. The standard InChI is InChI=1S/C15H19FN4O3S2/c1-18(15-17-14-11(16)4-3-5-12(14)24-15)10-13(21)19-6-8-20(9-7-19)25(2,22)23/h3-5H,6-10H2,1-2H3. The van der Waals surface area contributed by atoms with Crippen molar-refractivity contribution in [2.45, 2.75) is 0 Å². The molecule has 0 saturated carbocycles. The van der Waals surface area contributed by atoms with Crippen LogP contribution in [-0.2, 0) is 14.8 Å².